The van der Waals surface area contributed by atoms with Gasteiger partial charge in [-0.05, 0) is 72.2 Å². The smallest absolute Gasteiger partial charge is 0.223 e. The Hall–Kier alpha value is -3.33. The molecule has 45 heavy (non-hydrogen) atoms. The summed E-state index contributed by atoms with van der Waals surface area (Å²) < 4.78 is 28.1. The van der Waals surface area contributed by atoms with Gasteiger partial charge in [-0.1, -0.05) is 68.8 Å². The SMILES string of the molecule is CCCN(CCC)C(=O)CC(CC(=O)NC(Cc1cc(F)cc(F)c1)C(O)CNCc1cccc(CC)c1)c1ccc(Cl)cc1. The van der Waals surface area contributed by atoms with Crippen molar-refractivity contribution < 1.29 is 23.5 Å². The third-order valence-corrected chi connectivity index (χ3v) is 8.06. The summed E-state index contributed by atoms with van der Waals surface area (Å²) in [5, 5.41) is 17.9. The predicted octanol–water partition coefficient (Wildman–Crippen LogP) is 6.57. The number of aliphatic hydroxyl groups is 1. The summed E-state index contributed by atoms with van der Waals surface area (Å²) in [6.07, 6.45) is 1.64. The predicted molar refractivity (Wildman–Crippen MR) is 176 cm³/mol. The average molecular weight is 642 g/mol. The third-order valence-electron chi connectivity index (χ3n) is 7.81. The van der Waals surface area contributed by atoms with Crippen LogP contribution >= 0.6 is 11.6 Å². The number of nitrogens with zero attached hydrogens (tertiary/aromatic N) is 1. The number of rotatable bonds is 18. The molecule has 3 N–H and O–H groups in total. The van der Waals surface area contributed by atoms with Gasteiger partial charge in [0.2, 0.25) is 11.8 Å². The highest BCUT2D eigenvalue weighted by Gasteiger charge is 2.27. The van der Waals surface area contributed by atoms with E-state index >= 15 is 0 Å². The molecule has 0 aliphatic carbocycles. The monoisotopic (exact) mass is 641 g/mol. The van der Waals surface area contributed by atoms with E-state index in [2.05, 4.69) is 29.7 Å². The minimum atomic E-state index is -1.06. The zero-order chi connectivity index (χ0) is 32.8. The molecular formula is C36H46ClF2N3O3. The molecule has 0 saturated heterocycles. The van der Waals surface area contributed by atoms with Crippen molar-refractivity contribution >= 4 is 23.4 Å². The van der Waals surface area contributed by atoms with Gasteiger partial charge in [0.05, 0.1) is 12.1 Å². The van der Waals surface area contributed by atoms with Crippen LogP contribution in [0.2, 0.25) is 5.02 Å². The summed E-state index contributed by atoms with van der Waals surface area (Å²) >= 11 is 6.12. The lowest BCUT2D eigenvalue weighted by atomic mass is 9.91. The molecule has 3 unspecified atom stereocenters. The van der Waals surface area contributed by atoms with Crippen molar-refractivity contribution in [3.05, 3.63) is 106 Å². The molecule has 0 radical (unpaired) electrons. The number of benzene rings is 3. The van der Waals surface area contributed by atoms with E-state index in [0.717, 1.165) is 36.5 Å². The molecule has 0 heterocycles. The van der Waals surface area contributed by atoms with Crippen molar-refractivity contribution in [1.82, 2.24) is 15.5 Å². The molecule has 3 rings (SSSR count). The van der Waals surface area contributed by atoms with Crippen LogP contribution in [0.1, 0.15) is 74.6 Å². The normalized spacial score (nSPS) is 13.2. The van der Waals surface area contributed by atoms with Gasteiger partial charge in [-0.3, -0.25) is 9.59 Å². The van der Waals surface area contributed by atoms with Gasteiger partial charge in [0, 0.05) is 56.0 Å². The molecule has 0 fully saturated rings. The summed E-state index contributed by atoms with van der Waals surface area (Å²) in [4.78, 5) is 28.7. The van der Waals surface area contributed by atoms with Crippen LogP contribution in [0.3, 0.4) is 0 Å². The Labute approximate surface area is 271 Å². The second-order valence-electron chi connectivity index (χ2n) is 11.6. The number of hydrogen-bond acceptors (Lipinski definition) is 4. The van der Waals surface area contributed by atoms with Crippen LogP contribution < -0.4 is 10.6 Å². The van der Waals surface area contributed by atoms with Crippen LogP contribution in [0.4, 0.5) is 8.78 Å². The number of carbonyl (C=O) groups is 2. The van der Waals surface area contributed by atoms with E-state index in [-0.39, 0.29) is 37.6 Å². The number of aryl methyl sites for hydroxylation is 1. The van der Waals surface area contributed by atoms with E-state index in [1.807, 2.05) is 43.0 Å². The topological polar surface area (TPSA) is 81.7 Å². The molecule has 0 bridgehead atoms. The number of nitrogens with one attached hydrogen (secondary N) is 2. The third kappa shape index (κ3) is 12.2. The van der Waals surface area contributed by atoms with E-state index in [0.29, 0.717) is 30.2 Å². The molecule has 0 saturated carbocycles. The maximum absolute atomic E-state index is 14.0. The molecule has 3 atom stereocenters. The first-order valence-corrected chi connectivity index (χ1v) is 16.2. The van der Waals surface area contributed by atoms with Crippen molar-refractivity contribution in [2.75, 3.05) is 19.6 Å². The molecule has 3 aromatic carbocycles. The van der Waals surface area contributed by atoms with Gasteiger partial charge in [-0.15, -0.1) is 0 Å². The Kier molecular flexibility index (Phi) is 14.9. The lowest BCUT2D eigenvalue weighted by molar-refractivity contribution is -0.132. The second-order valence-corrected chi connectivity index (χ2v) is 12.0. The van der Waals surface area contributed by atoms with E-state index in [1.54, 1.807) is 12.1 Å². The van der Waals surface area contributed by atoms with Gasteiger partial charge in [0.1, 0.15) is 11.6 Å². The summed E-state index contributed by atoms with van der Waals surface area (Å²) in [5.74, 6) is -2.31. The number of halogens is 3. The van der Waals surface area contributed by atoms with Gasteiger partial charge in [0.25, 0.3) is 0 Å². The molecule has 2 amide bonds. The van der Waals surface area contributed by atoms with E-state index in [1.165, 1.54) is 17.7 Å². The number of aliphatic hydroxyl groups excluding tert-OH is 1. The van der Waals surface area contributed by atoms with Gasteiger partial charge in [0.15, 0.2) is 0 Å². The summed E-state index contributed by atoms with van der Waals surface area (Å²) in [6.45, 7) is 8.05. The molecule has 3 aromatic rings. The van der Waals surface area contributed by atoms with Crippen LogP contribution in [-0.4, -0.2) is 53.6 Å². The van der Waals surface area contributed by atoms with E-state index in [9.17, 15) is 23.5 Å². The second kappa shape index (κ2) is 18.6. The standard InChI is InChI=1S/C36H46ClF2N3O3/c1-4-14-42(15-5-2)36(45)21-29(28-10-12-30(37)13-11-28)20-35(44)41-33(19-27-17-31(38)22-32(39)18-27)34(43)24-40-23-26-9-7-8-25(6-3)16-26/h7-13,16-18,22,29,33-34,40,43H,4-6,14-15,19-21,23-24H2,1-3H3,(H,41,44). The van der Waals surface area contributed by atoms with Crippen molar-refractivity contribution in [2.45, 2.75) is 83.9 Å². The number of amides is 2. The lowest BCUT2D eigenvalue weighted by Gasteiger charge is -2.27. The lowest BCUT2D eigenvalue weighted by Crippen LogP contribution is -2.49. The zero-order valence-corrected chi connectivity index (χ0v) is 27.3. The van der Waals surface area contributed by atoms with Crippen LogP contribution in [0.15, 0.2) is 66.7 Å². The minimum Gasteiger partial charge on any atom is -0.390 e. The van der Waals surface area contributed by atoms with Crippen molar-refractivity contribution in [3.63, 3.8) is 0 Å². The first-order valence-electron chi connectivity index (χ1n) is 15.9. The molecular weight excluding hydrogens is 596 g/mol. The molecule has 0 aromatic heterocycles. The highest BCUT2D eigenvalue weighted by molar-refractivity contribution is 6.30. The molecule has 0 aliphatic rings. The fraction of sp³-hybridized carbons (Fsp3) is 0.444. The number of carbonyl (C=O) groups excluding carboxylic acids is 2. The average Bonchev–Trinajstić information content (AvgIpc) is 3.00. The quantitative estimate of drug-likeness (QED) is 0.147. The molecule has 244 valence electrons. The minimum absolute atomic E-state index is 0.0138. The van der Waals surface area contributed by atoms with Gasteiger partial charge >= 0.3 is 0 Å². The van der Waals surface area contributed by atoms with Crippen molar-refractivity contribution in [1.29, 1.82) is 0 Å². The van der Waals surface area contributed by atoms with E-state index < -0.39 is 29.7 Å². The number of hydrogen-bond donors (Lipinski definition) is 3. The fourth-order valence-corrected chi connectivity index (χ4v) is 5.63. The summed E-state index contributed by atoms with van der Waals surface area (Å²) in [6, 6.07) is 17.6. The largest absolute Gasteiger partial charge is 0.390 e. The van der Waals surface area contributed by atoms with E-state index in [4.69, 9.17) is 11.6 Å². The van der Waals surface area contributed by atoms with Crippen molar-refractivity contribution in [3.8, 4) is 0 Å². The van der Waals surface area contributed by atoms with Crippen LogP contribution in [0.25, 0.3) is 0 Å². The Morgan fingerprint density at radius 1 is 0.867 bits per heavy atom. The molecule has 0 spiro atoms. The zero-order valence-electron chi connectivity index (χ0n) is 26.5. The maximum Gasteiger partial charge on any atom is 0.223 e. The molecule has 6 nitrogen and oxygen atoms in total. The summed E-state index contributed by atoms with van der Waals surface area (Å²) in [7, 11) is 0. The van der Waals surface area contributed by atoms with Gasteiger partial charge in [-0.2, -0.15) is 0 Å². The van der Waals surface area contributed by atoms with Gasteiger partial charge < -0.3 is 20.6 Å². The van der Waals surface area contributed by atoms with Gasteiger partial charge in [-0.25, -0.2) is 8.78 Å². The van der Waals surface area contributed by atoms with Crippen molar-refractivity contribution in [2.24, 2.45) is 0 Å². The first kappa shape index (κ1) is 36.1. The Morgan fingerprint density at radius 3 is 2.13 bits per heavy atom. The summed E-state index contributed by atoms with van der Waals surface area (Å²) in [5.41, 5.74) is 3.38. The molecule has 9 heteroatoms. The Morgan fingerprint density at radius 2 is 1.51 bits per heavy atom. The Bertz CT molecular complexity index is 1350. The Balaban J connectivity index is 1.77. The highest BCUT2D eigenvalue weighted by atomic mass is 35.5. The highest BCUT2D eigenvalue weighted by Crippen LogP contribution is 2.26. The first-order chi connectivity index (χ1) is 21.6. The maximum atomic E-state index is 14.0. The van der Waals surface area contributed by atoms with Crippen LogP contribution in [-0.2, 0) is 29.0 Å². The van der Waals surface area contributed by atoms with Crippen LogP contribution in [0, 0.1) is 11.6 Å². The van der Waals surface area contributed by atoms with Crippen LogP contribution in [0.5, 0.6) is 0 Å². The fourth-order valence-electron chi connectivity index (χ4n) is 5.51. The molecule has 0 aliphatic heterocycles.